The first-order valence-corrected chi connectivity index (χ1v) is 4.62. The van der Waals surface area contributed by atoms with E-state index in [2.05, 4.69) is 10.1 Å². The predicted molar refractivity (Wildman–Crippen MR) is 53.3 cm³/mol. The van der Waals surface area contributed by atoms with Crippen LogP contribution in [0.3, 0.4) is 0 Å². The van der Waals surface area contributed by atoms with Gasteiger partial charge in [-0.1, -0.05) is 0 Å². The summed E-state index contributed by atoms with van der Waals surface area (Å²) in [6.07, 6.45) is -3.99. The minimum Gasteiger partial charge on any atom is -0.477 e. The number of aryl methyl sites for hydroxylation is 1. The van der Waals surface area contributed by atoms with E-state index in [0.717, 1.165) is 10.9 Å². The van der Waals surface area contributed by atoms with E-state index in [4.69, 9.17) is 5.11 Å². The highest BCUT2D eigenvalue weighted by atomic mass is 19.4. The lowest BCUT2D eigenvalue weighted by Gasteiger charge is -2.01. The highest BCUT2D eigenvalue weighted by molar-refractivity contribution is 5.92. The normalized spacial score (nSPS) is 12.0. The molecule has 18 heavy (non-hydrogen) atoms. The molecule has 0 radical (unpaired) electrons. The van der Waals surface area contributed by atoms with E-state index in [1.54, 1.807) is 0 Å². The van der Waals surface area contributed by atoms with Crippen molar-refractivity contribution in [3.63, 3.8) is 0 Å². The number of halogens is 3. The Morgan fingerprint density at radius 1 is 1.50 bits per heavy atom. The Hall–Kier alpha value is -2.32. The zero-order chi connectivity index (χ0) is 13.7. The van der Waals surface area contributed by atoms with Gasteiger partial charge in [-0.25, -0.2) is 4.79 Å². The number of rotatable bonds is 1. The van der Waals surface area contributed by atoms with E-state index in [1.807, 2.05) is 0 Å². The minimum atomic E-state index is -4.83. The topological polar surface area (TPSA) is 88.0 Å². The molecule has 2 aromatic rings. The number of alkyl halides is 3. The summed E-state index contributed by atoms with van der Waals surface area (Å²) in [4.78, 5) is 24.7. The maximum Gasteiger partial charge on any atom is 0.435 e. The third-order valence-corrected chi connectivity index (χ3v) is 2.37. The second-order valence-corrected chi connectivity index (χ2v) is 3.53. The Balaban J connectivity index is 2.96. The van der Waals surface area contributed by atoms with Crippen molar-refractivity contribution in [1.82, 2.24) is 14.8 Å². The molecule has 0 aliphatic carbocycles. The van der Waals surface area contributed by atoms with E-state index in [0.29, 0.717) is 0 Å². The van der Waals surface area contributed by atoms with Gasteiger partial charge in [0.25, 0.3) is 0 Å². The number of pyridine rings is 1. The number of H-pyrrole nitrogens is 1. The van der Waals surface area contributed by atoms with Gasteiger partial charge in [0.1, 0.15) is 11.2 Å². The van der Waals surface area contributed by atoms with Gasteiger partial charge in [0.05, 0.1) is 5.39 Å². The summed E-state index contributed by atoms with van der Waals surface area (Å²) < 4.78 is 38.8. The smallest absolute Gasteiger partial charge is 0.435 e. The summed E-state index contributed by atoms with van der Waals surface area (Å²) in [6, 6.07) is 0. The molecule has 2 heterocycles. The van der Waals surface area contributed by atoms with Gasteiger partial charge in [0.15, 0.2) is 5.69 Å². The Morgan fingerprint density at radius 3 is 2.61 bits per heavy atom. The van der Waals surface area contributed by atoms with Crippen LogP contribution in [0.2, 0.25) is 0 Å². The summed E-state index contributed by atoms with van der Waals surface area (Å²) in [5.74, 6) is -1.60. The first kappa shape index (κ1) is 12.1. The van der Waals surface area contributed by atoms with Gasteiger partial charge < -0.3 is 10.1 Å². The van der Waals surface area contributed by atoms with Gasteiger partial charge >= 0.3 is 12.1 Å². The first-order chi connectivity index (χ1) is 8.23. The molecule has 2 aromatic heterocycles. The Morgan fingerprint density at radius 2 is 2.11 bits per heavy atom. The van der Waals surface area contributed by atoms with Crippen LogP contribution in [0.4, 0.5) is 13.2 Å². The molecule has 0 saturated carbocycles. The van der Waals surface area contributed by atoms with Crippen LogP contribution in [-0.2, 0) is 13.2 Å². The largest absolute Gasteiger partial charge is 0.477 e. The Bertz CT molecular complexity index is 699. The number of nitrogens with one attached hydrogen (secondary N) is 1. The summed E-state index contributed by atoms with van der Waals surface area (Å²) in [5, 5.41) is 11.1. The van der Waals surface area contributed by atoms with Crippen molar-refractivity contribution in [2.45, 2.75) is 6.18 Å². The fraction of sp³-hybridized carbons (Fsp3) is 0.222. The third kappa shape index (κ3) is 1.63. The molecule has 2 N–H and O–H groups in total. The van der Waals surface area contributed by atoms with Crippen molar-refractivity contribution in [2.75, 3.05) is 0 Å². The molecule has 9 heteroatoms. The zero-order valence-electron chi connectivity index (χ0n) is 8.87. The third-order valence-electron chi connectivity index (χ3n) is 2.37. The van der Waals surface area contributed by atoms with Crippen molar-refractivity contribution < 1.29 is 23.1 Å². The number of hydrogen-bond acceptors (Lipinski definition) is 3. The van der Waals surface area contributed by atoms with E-state index in [-0.39, 0.29) is 5.65 Å². The van der Waals surface area contributed by atoms with Gasteiger partial charge in [0, 0.05) is 13.2 Å². The average molecular weight is 261 g/mol. The molecule has 0 unspecified atom stereocenters. The lowest BCUT2D eigenvalue weighted by atomic mass is 10.2. The molecule has 0 amide bonds. The van der Waals surface area contributed by atoms with Crippen LogP contribution in [0.5, 0.6) is 0 Å². The van der Waals surface area contributed by atoms with E-state index < -0.39 is 34.2 Å². The van der Waals surface area contributed by atoms with Gasteiger partial charge in [-0.2, -0.15) is 18.3 Å². The fourth-order valence-corrected chi connectivity index (χ4v) is 1.60. The summed E-state index contributed by atoms with van der Waals surface area (Å²) in [5.41, 5.74) is -3.56. The van der Waals surface area contributed by atoms with Gasteiger partial charge in [0.2, 0.25) is 5.43 Å². The molecule has 0 bridgehead atoms. The average Bonchev–Trinajstić information content (AvgIpc) is 2.56. The molecule has 2 rings (SSSR count). The molecule has 6 nitrogen and oxygen atoms in total. The molecule has 0 aromatic carbocycles. The molecule has 0 spiro atoms. The quantitative estimate of drug-likeness (QED) is 0.800. The molecule has 0 saturated heterocycles. The summed E-state index contributed by atoms with van der Waals surface area (Å²) >= 11 is 0. The van der Waals surface area contributed by atoms with Crippen LogP contribution < -0.4 is 5.43 Å². The second-order valence-electron chi connectivity index (χ2n) is 3.53. The summed E-state index contributed by atoms with van der Waals surface area (Å²) in [7, 11) is 1.22. The van der Waals surface area contributed by atoms with E-state index >= 15 is 0 Å². The first-order valence-electron chi connectivity index (χ1n) is 4.62. The fourth-order valence-electron chi connectivity index (χ4n) is 1.60. The van der Waals surface area contributed by atoms with Gasteiger partial charge in [-0.05, 0) is 0 Å². The van der Waals surface area contributed by atoms with Crippen LogP contribution in [0, 0.1) is 0 Å². The molecule has 0 atom stereocenters. The lowest BCUT2D eigenvalue weighted by molar-refractivity contribution is -0.140. The molecular formula is C9H6F3N3O3. The number of aromatic amines is 1. The second kappa shape index (κ2) is 3.59. The molecular weight excluding hydrogens is 255 g/mol. The van der Waals surface area contributed by atoms with Gasteiger partial charge in [-0.3, -0.25) is 9.48 Å². The number of fused-ring (bicyclic) bond motifs is 1. The van der Waals surface area contributed by atoms with Crippen molar-refractivity contribution in [2.24, 2.45) is 7.05 Å². The molecule has 0 fully saturated rings. The van der Waals surface area contributed by atoms with Crippen LogP contribution >= 0.6 is 0 Å². The Labute approximate surface area is 96.6 Å². The highest BCUT2D eigenvalue weighted by Gasteiger charge is 2.38. The van der Waals surface area contributed by atoms with Gasteiger partial charge in [-0.15, -0.1) is 0 Å². The number of nitrogens with zero attached hydrogens (tertiary/aromatic N) is 2. The van der Waals surface area contributed by atoms with Crippen molar-refractivity contribution in [3.05, 3.63) is 27.7 Å². The van der Waals surface area contributed by atoms with Crippen molar-refractivity contribution >= 4 is 17.0 Å². The number of hydrogen-bond donors (Lipinski definition) is 2. The summed E-state index contributed by atoms with van der Waals surface area (Å²) in [6.45, 7) is 0. The van der Waals surface area contributed by atoms with Crippen molar-refractivity contribution in [1.29, 1.82) is 0 Å². The highest BCUT2D eigenvalue weighted by Crippen LogP contribution is 2.31. The molecule has 96 valence electrons. The lowest BCUT2D eigenvalue weighted by Crippen LogP contribution is -2.18. The predicted octanol–water partition coefficient (Wildman–Crippen LogP) is 0.979. The molecule has 0 aliphatic heterocycles. The molecule has 0 aliphatic rings. The minimum absolute atomic E-state index is 0.183. The standard InChI is InChI=1S/C9H6F3N3O3/c1-15-7-4(6(14-15)9(10,11)12)5(16)3(2-13-7)8(17)18/h2H,1H3,(H,13,16)(H,17,18). The van der Waals surface area contributed by atoms with Crippen LogP contribution in [0.1, 0.15) is 16.1 Å². The van der Waals surface area contributed by atoms with Crippen LogP contribution in [0.25, 0.3) is 11.0 Å². The van der Waals surface area contributed by atoms with E-state index in [1.165, 1.54) is 7.05 Å². The number of carbonyl (C=O) groups is 1. The number of aromatic nitrogens is 3. The SMILES string of the molecule is Cn1nc(C(F)(F)F)c2c(=O)c(C(=O)O)c[nH]c21. The monoisotopic (exact) mass is 261 g/mol. The number of aromatic carboxylic acids is 1. The zero-order valence-corrected chi connectivity index (χ0v) is 8.87. The maximum absolute atomic E-state index is 12.7. The maximum atomic E-state index is 12.7. The Kier molecular flexibility index (Phi) is 2.42. The number of carboxylic acid groups (broad SMARTS) is 1. The van der Waals surface area contributed by atoms with Crippen molar-refractivity contribution in [3.8, 4) is 0 Å². The van der Waals surface area contributed by atoms with Crippen LogP contribution in [-0.4, -0.2) is 25.8 Å². The van der Waals surface area contributed by atoms with Crippen LogP contribution in [0.15, 0.2) is 11.0 Å². The van der Waals surface area contributed by atoms with E-state index in [9.17, 15) is 22.8 Å². The number of carboxylic acids is 1.